The number of hydrogen-bond donors (Lipinski definition) is 0. The van der Waals surface area contributed by atoms with E-state index in [2.05, 4.69) is 20.9 Å². The zero-order valence-corrected chi connectivity index (χ0v) is 15.8. The van der Waals surface area contributed by atoms with Gasteiger partial charge in [-0.05, 0) is 52.7 Å². The summed E-state index contributed by atoms with van der Waals surface area (Å²) in [6, 6.07) is 7.20. The first-order valence-corrected chi connectivity index (χ1v) is 8.55. The van der Waals surface area contributed by atoms with E-state index in [1.54, 1.807) is 18.3 Å². The highest BCUT2D eigenvalue weighted by molar-refractivity contribution is 9.10. The zero-order valence-electron chi connectivity index (χ0n) is 14.2. The Kier molecular flexibility index (Phi) is 5.14. The molecule has 0 spiro atoms. The van der Waals surface area contributed by atoms with Crippen molar-refractivity contribution in [3.05, 3.63) is 64.0 Å². The summed E-state index contributed by atoms with van der Waals surface area (Å²) in [5.41, 5.74) is 1.03. The lowest BCUT2D eigenvalue weighted by Gasteiger charge is -2.21. The molecule has 0 aliphatic heterocycles. The molecule has 0 bridgehead atoms. The van der Waals surface area contributed by atoms with Gasteiger partial charge in [0.1, 0.15) is 11.4 Å². The standard InChI is InChI=1S/C18H14BrF3N2O3/c1-10-5-6-24-13(9-23-15(24)7-10)17(25)27-16(18(20,21)22)11-3-4-14(26-2)12(19)8-11/h3-9,16H,1-2H3. The molecule has 9 heteroatoms. The number of carbonyl (C=O) groups excluding carboxylic acids is 1. The van der Waals surface area contributed by atoms with Gasteiger partial charge in [0, 0.05) is 11.8 Å². The number of ether oxygens (including phenoxy) is 2. The molecular weight excluding hydrogens is 429 g/mol. The van der Waals surface area contributed by atoms with Gasteiger partial charge in [0.25, 0.3) is 0 Å². The predicted octanol–water partition coefficient (Wildman–Crippen LogP) is 4.87. The second kappa shape index (κ2) is 7.22. The largest absolute Gasteiger partial charge is 0.496 e. The number of pyridine rings is 1. The Bertz CT molecular complexity index is 1000. The van der Waals surface area contributed by atoms with Crippen LogP contribution in [0.25, 0.3) is 5.65 Å². The molecule has 5 nitrogen and oxygen atoms in total. The maximum absolute atomic E-state index is 13.5. The van der Waals surface area contributed by atoms with Crippen molar-refractivity contribution >= 4 is 27.5 Å². The van der Waals surface area contributed by atoms with Crippen molar-refractivity contribution < 1.29 is 27.4 Å². The first kappa shape index (κ1) is 19.2. The molecule has 0 fully saturated rings. The molecule has 1 unspecified atom stereocenters. The Morgan fingerprint density at radius 1 is 1.26 bits per heavy atom. The molecule has 1 atom stereocenters. The average molecular weight is 443 g/mol. The van der Waals surface area contributed by atoms with E-state index < -0.39 is 18.2 Å². The van der Waals surface area contributed by atoms with Crippen LogP contribution in [0.5, 0.6) is 5.75 Å². The minimum absolute atomic E-state index is 0.0909. The van der Waals surface area contributed by atoms with E-state index in [-0.39, 0.29) is 11.3 Å². The van der Waals surface area contributed by atoms with Gasteiger partial charge >= 0.3 is 12.1 Å². The number of nitrogens with zero attached hydrogens (tertiary/aromatic N) is 2. The summed E-state index contributed by atoms with van der Waals surface area (Å²) in [6.07, 6.45) is -4.47. The van der Waals surface area contributed by atoms with E-state index >= 15 is 0 Å². The fraction of sp³-hybridized carbons (Fsp3) is 0.222. The maximum atomic E-state index is 13.5. The second-order valence-electron chi connectivity index (χ2n) is 5.80. The van der Waals surface area contributed by atoms with Gasteiger partial charge in [0.2, 0.25) is 6.10 Å². The fourth-order valence-electron chi connectivity index (χ4n) is 2.57. The summed E-state index contributed by atoms with van der Waals surface area (Å²) in [5.74, 6) is -0.760. The molecule has 2 aromatic heterocycles. The van der Waals surface area contributed by atoms with Crippen LogP contribution in [0.1, 0.15) is 27.7 Å². The number of halogens is 4. The molecule has 2 heterocycles. The number of imidazole rings is 1. The third-order valence-corrected chi connectivity index (χ3v) is 4.50. The lowest BCUT2D eigenvalue weighted by atomic mass is 10.1. The van der Waals surface area contributed by atoms with E-state index in [1.165, 1.54) is 35.9 Å². The summed E-state index contributed by atoms with van der Waals surface area (Å²) < 4.78 is 52.2. The van der Waals surface area contributed by atoms with Crippen LogP contribution >= 0.6 is 15.9 Å². The monoisotopic (exact) mass is 442 g/mol. The molecule has 0 N–H and O–H groups in total. The maximum Gasteiger partial charge on any atom is 0.429 e. The summed E-state index contributed by atoms with van der Waals surface area (Å²) in [7, 11) is 1.40. The minimum atomic E-state index is -4.79. The van der Waals surface area contributed by atoms with Crippen LogP contribution in [0.4, 0.5) is 13.2 Å². The van der Waals surface area contributed by atoms with Gasteiger partial charge in [-0.15, -0.1) is 0 Å². The Hall–Kier alpha value is -2.55. The van der Waals surface area contributed by atoms with E-state index in [9.17, 15) is 18.0 Å². The van der Waals surface area contributed by atoms with E-state index in [0.717, 1.165) is 5.56 Å². The zero-order chi connectivity index (χ0) is 19.8. The van der Waals surface area contributed by atoms with Gasteiger partial charge in [0.15, 0.2) is 5.69 Å². The van der Waals surface area contributed by atoms with Crippen LogP contribution in [-0.4, -0.2) is 28.6 Å². The number of fused-ring (bicyclic) bond motifs is 1. The number of hydrogen-bond acceptors (Lipinski definition) is 4. The third kappa shape index (κ3) is 3.92. The molecule has 142 valence electrons. The van der Waals surface area contributed by atoms with Crippen molar-refractivity contribution in [1.82, 2.24) is 9.38 Å². The number of methoxy groups -OCH3 is 1. The summed E-state index contributed by atoms with van der Waals surface area (Å²) in [6.45, 7) is 1.84. The molecule has 1 aromatic carbocycles. The Morgan fingerprint density at radius 3 is 2.63 bits per heavy atom. The first-order valence-electron chi connectivity index (χ1n) is 7.75. The molecule has 0 radical (unpaired) electrons. The van der Waals surface area contributed by atoms with Crippen molar-refractivity contribution in [2.45, 2.75) is 19.2 Å². The molecule has 0 saturated carbocycles. The van der Waals surface area contributed by atoms with Crippen molar-refractivity contribution in [2.24, 2.45) is 0 Å². The Labute approximate surface area is 160 Å². The van der Waals surface area contributed by atoms with Crippen molar-refractivity contribution in [2.75, 3.05) is 7.11 Å². The number of aromatic nitrogens is 2. The Balaban J connectivity index is 1.95. The number of aryl methyl sites for hydroxylation is 1. The molecule has 27 heavy (non-hydrogen) atoms. The summed E-state index contributed by atoms with van der Waals surface area (Å²) in [5, 5.41) is 0. The molecule has 0 saturated heterocycles. The highest BCUT2D eigenvalue weighted by Crippen LogP contribution is 2.39. The van der Waals surface area contributed by atoms with E-state index in [0.29, 0.717) is 15.9 Å². The topological polar surface area (TPSA) is 52.8 Å². The number of esters is 1. The van der Waals surface area contributed by atoms with Crippen LogP contribution in [0, 0.1) is 6.92 Å². The first-order chi connectivity index (χ1) is 12.7. The van der Waals surface area contributed by atoms with Gasteiger partial charge in [0.05, 0.1) is 17.8 Å². The van der Waals surface area contributed by atoms with Gasteiger partial charge in [-0.25, -0.2) is 9.78 Å². The average Bonchev–Trinajstić information content (AvgIpc) is 3.01. The molecule has 3 rings (SSSR count). The SMILES string of the molecule is COc1ccc(C(OC(=O)c2cnc3cc(C)ccn23)C(F)(F)F)cc1Br. The number of carbonyl (C=O) groups is 1. The van der Waals surface area contributed by atoms with Crippen molar-refractivity contribution in [3.8, 4) is 5.75 Å². The summed E-state index contributed by atoms with van der Waals surface area (Å²) >= 11 is 3.14. The minimum Gasteiger partial charge on any atom is -0.496 e. The van der Waals surface area contributed by atoms with Crippen molar-refractivity contribution in [1.29, 1.82) is 0 Å². The van der Waals surface area contributed by atoms with Gasteiger partial charge < -0.3 is 9.47 Å². The summed E-state index contributed by atoms with van der Waals surface area (Å²) in [4.78, 5) is 16.5. The number of benzene rings is 1. The second-order valence-corrected chi connectivity index (χ2v) is 6.65. The van der Waals surface area contributed by atoms with Gasteiger partial charge in [-0.1, -0.05) is 6.07 Å². The quantitative estimate of drug-likeness (QED) is 0.540. The number of alkyl halides is 3. The molecule has 0 aliphatic carbocycles. The Morgan fingerprint density at radius 2 is 2.00 bits per heavy atom. The van der Waals surface area contributed by atoms with E-state index in [4.69, 9.17) is 9.47 Å². The van der Waals surface area contributed by atoms with Crippen LogP contribution in [0.3, 0.4) is 0 Å². The number of rotatable bonds is 4. The van der Waals surface area contributed by atoms with Crippen LogP contribution < -0.4 is 4.74 Å². The van der Waals surface area contributed by atoms with Gasteiger partial charge in [-0.3, -0.25) is 4.40 Å². The normalized spacial score (nSPS) is 12.8. The highest BCUT2D eigenvalue weighted by Gasteiger charge is 2.44. The van der Waals surface area contributed by atoms with Gasteiger partial charge in [-0.2, -0.15) is 13.2 Å². The fourth-order valence-corrected chi connectivity index (χ4v) is 3.13. The third-order valence-electron chi connectivity index (χ3n) is 3.88. The van der Waals surface area contributed by atoms with Crippen molar-refractivity contribution in [3.63, 3.8) is 0 Å². The predicted molar refractivity (Wildman–Crippen MR) is 94.8 cm³/mol. The lowest BCUT2D eigenvalue weighted by Crippen LogP contribution is -2.26. The molecular formula is C18H14BrF3N2O3. The molecule has 3 aromatic rings. The molecule has 0 amide bonds. The van der Waals surface area contributed by atoms with Crippen LogP contribution in [-0.2, 0) is 4.74 Å². The molecule has 0 aliphatic rings. The lowest BCUT2D eigenvalue weighted by molar-refractivity contribution is -0.207. The van der Waals surface area contributed by atoms with Crippen LogP contribution in [0.15, 0.2) is 47.2 Å². The van der Waals surface area contributed by atoms with Crippen LogP contribution in [0.2, 0.25) is 0 Å². The smallest absolute Gasteiger partial charge is 0.429 e. The highest BCUT2D eigenvalue weighted by atomic mass is 79.9. The van der Waals surface area contributed by atoms with E-state index in [1.807, 2.05) is 6.92 Å².